The number of benzene rings is 2. The van der Waals surface area contributed by atoms with Crippen molar-refractivity contribution in [1.82, 2.24) is 9.21 Å². The molecule has 1 amide bonds. The van der Waals surface area contributed by atoms with Crippen LogP contribution in [0.5, 0.6) is 0 Å². The largest absolute Gasteiger partial charge is 0.379 e. The van der Waals surface area contributed by atoms with Crippen molar-refractivity contribution < 1.29 is 17.9 Å². The molecule has 3 rings (SSSR count). The number of sulfonamides is 1. The minimum atomic E-state index is -3.61. The fourth-order valence-electron chi connectivity index (χ4n) is 3.22. The summed E-state index contributed by atoms with van der Waals surface area (Å²) in [5.74, 6) is -0.188. The number of hydrogen-bond acceptors (Lipinski definition) is 5. The average molecular weight is 418 g/mol. The monoisotopic (exact) mass is 417 g/mol. The van der Waals surface area contributed by atoms with Gasteiger partial charge in [-0.1, -0.05) is 36.4 Å². The van der Waals surface area contributed by atoms with E-state index in [9.17, 15) is 13.2 Å². The van der Waals surface area contributed by atoms with Gasteiger partial charge in [0.2, 0.25) is 15.9 Å². The van der Waals surface area contributed by atoms with Crippen LogP contribution >= 0.6 is 0 Å². The van der Waals surface area contributed by atoms with Gasteiger partial charge in [0.05, 0.1) is 24.7 Å². The number of carbonyl (C=O) groups excluding carboxylic acids is 1. The lowest BCUT2D eigenvalue weighted by Crippen LogP contribution is -2.40. The number of ether oxygens (including phenoxy) is 1. The van der Waals surface area contributed by atoms with Crippen molar-refractivity contribution in [3.8, 4) is 0 Å². The summed E-state index contributed by atoms with van der Waals surface area (Å²) in [6.45, 7) is 4.15. The molecule has 2 aromatic carbocycles. The third-order valence-electron chi connectivity index (χ3n) is 4.80. The predicted molar refractivity (Wildman–Crippen MR) is 112 cm³/mol. The van der Waals surface area contributed by atoms with E-state index >= 15 is 0 Å². The van der Waals surface area contributed by atoms with Crippen LogP contribution in [0, 0.1) is 6.92 Å². The Labute approximate surface area is 172 Å². The van der Waals surface area contributed by atoms with Gasteiger partial charge in [0, 0.05) is 25.3 Å². The summed E-state index contributed by atoms with van der Waals surface area (Å²) in [6, 6.07) is 14.7. The molecule has 7 nitrogen and oxygen atoms in total. The van der Waals surface area contributed by atoms with Crippen LogP contribution in [-0.4, -0.2) is 63.4 Å². The van der Waals surface area contributed by atoms with E-state index in [1.54, 1.807) is 12.1 Å². The maximum Gasteiger partial charge on any atom is 0.243 e. The van der Waals surface area contributed by atoms with Crippen molar-refractivity contribution >= 4 is 21.6 Å². The molecule has 1 heterocycles. The first kappa shape index (κ1) is 21.4. The molecule has 1 aliphatic rings. The Morgan fingerprint density at radius 3 is 2.52 bits per heavy atom. The Kier molecular flexibility index (Phi) is 7.02. The van der Waals surface area contributed by atoms with Gasteiger partial charge in [-0.25, -0.2) is 8.42 Å². The van der Waals surface area contributed by atoms with Crippen LogP contribution in [0.25, 0.3) is 0 Å². The lowest BCUT2D eigenvalue weighted by Gasteiger charge is -2.26. The molecule has 0 spiro atoms. The van der Waals surface area contributed by atoms with Crippen LogP contribution in [0.2, 0.25) is 0 Å². The van der Waals surface area contributed by atoms with Crippen molar-refractivity contribution in [1.29, 1.82) is 0 Å². The zero-order valence-corrected chi connectivity index (χ0v) is 17.6. The van der Waals surface area contributed by atoms with E-state index < -0.39 is 10.0 Å². The highest BCUT2D eigenvalue weighted by molar-refractivity contribution is 7.89. The number of rotatable bonds is 7. The number of amides is 1. The fraction of sp³-hybridized carbons (Fsp3) is 0.381. The van der Waals surface area contributed by atoms with Gasteiger partial charge < -0.3 is 10.1 Å². The summed E-state index contributed by atoms with van der Waals surface area (Å²) < 4.78 is 32.4. The van der Waals surface area contributed by atoms with E-state index in [2.05, 4.69) is 5.32 Å². The molecule has 156 valence electrons. The summed E-state index contributed by atoms with van der Waals surface area (Å²) in [5, 5.41) is 2.85. The van der Waals surface area contributed by atoms with Crippen LogP contribution in [0.4, 0.5) is 5.69 Å². The molecule has 1 fully saturated rings. The SMILES string of the molecule is Cc1ccc(S(=O)(=O)N2CCOCC2)cc1NC(=O)CN(C)Cc1ccccc1. The van der Waals surface area contributed by atoms with Gasteiger partial charge >= 0.3 is 0 Å². The molecule has 1 N–H and O–H groups in total. The maximum absolute atomic E-state index is 12.9. The first-order valence-electron chi connectivity index (χ1n) is 9.57. The minimum Gasteiger partial charge on any atom is -0.379 e. The first-order chi connectivity index (χ1) is 13.9. The zero-order chi connectivity index (χ0) is 20.9. The quantitative estimate of drug-likeness (QED) is 0.746. The Morgan fingerprint density at radius 2 is 1.83 bits per heavy atom. The van der Waals surface area contributed by atoms with Gasteiger partial charge in [-0.05, 0) is 37.2 Å². The molecular formula is C21H27N3O4S. The zero-order valence-electron chi connectivity index (χ0n) is 16.8. The van der Waals surface area contributed by atoms with E-state index in [0.717, 1.165) is 11.1 Å². The Balaban J connectivity index is 1.67. The van der Waals surface area contributed by atoms with Crippen molar-refractivity contribution in [2.45, 2.75) is 18.4 Å². The molecule has 0 radical (unpaired) electrons. The van der Waals surface area contributed by atoms with Crippen LogP contribution in [0.3, 0.4) is 0 Å². The number of nitrogens with zero attached hydrogens (tertiary/aromatic N) is 2. The highest BCUT2D eigenvalue weighted by Gasteiger charge is 2.26. The molecule has 0 unspecified atom stereocenters. The summed E-state index contributed by atoms with van der Waals surface area (Å²) >= 11 is 0. The average Bonchev–Trinajstić information content (AvgIpc) is 2.70. The molecule has 1 aliphatic heterocycles. The summed E-state index contributed by atoms with van der Waals surface area (Å²) in [4.78, 5) is 14.6. The number of aryl methyl sites for hydroxylation is 1. The van der Waals surface area contributed by atoms with Crippen molar-refractivity contribution in [2.24, 2.45) is 0 Å². The van der Waals surface area contributed by atoms with Crippen molar-refractivity contribution in [2.75, 3.05) is 45.2 Å². The van der Waals surface area contributed by atoms with E-state index in [0.29, 0.717) is 38.5 Å². The van der Waals surface area contributed by atoms with Gasteiger partial charge in [-0.3, -0.25) is 9.69 Å². The lowest BCUT2D eigenvalue weighted by molar-refractivity contribution is -0.117. The number of hydrogen-bond donors (Lipinski definition) is 1. The second-order valence-electron chi connectivity index (χ2n) is 7.20. The Bertz CT molecular complexity index is 942. The molecule has 0 aromatic heterocycles. The molecule has 1 saturated heterocycles. The number of anilines is 1. The maximum atomic E-state index is 12.9. The van der Waals surface area contributed by atoms with E-state index in [1.165, 1.54) is 10.4 Å². The number of carbonyl (C=O) groups is 1. The summed E-state index contributed by atoms with van der Waals surface area (Å²) in [6.07, 6.45) is 0. The summed E-state index contributed by atoms with van der Waals surface area (Å²) in [5.41, 5.74) is 2.44. The molecule has 0 saturated carbocycles. The van der Waals surface area contributed by atoms with Gasteiger partial charge in [-0.2, -0.15) is 4.31 Å². The third-order valence-corrected chi connectivity index (χ3v) is 6.69. The first-order valence-corrected chi connectivity index (χ1v) is 11.0. The molecule has 29 heavy (non-hydrogen) atoms. The highest BCUT2D eigenvalue weighted by atomic mass is 32.2. The molecule has 8 heteroatoms. The van der Waals surface area contributed by atoms with Crippen molar-refractivity contribution in [3.63, 3.8) is 0 Å². The van der Waals surface area contributed by atoms with Crippen LogP contribution in [-0.2, 0) is 26.1 Å². The van der Waals surface area contributed by atoms with Crippen LogP contribution < -0.4 is 5.32 Å². The third kappa shape index (κ3) is 5.63. The molecule has 2 aromatic rings. The van der Waals surface area contributed by atoms with Gasteiger partial charge in [-0.15, -0.1) is 0 Å². The lowest BCUT2D eigenvalue weighted by atomic mass is 10.2. The second kappa shape index (κ2) is 9.49. The van der Waals surface area contributed by atoms with Crippen LogP contribution in [0.1, 0.15) is 11.1 Å². The standard InChI is InChI=1S/C21H27N3O4S/c1-17-8-9-19(29(26,27)24-10-12-28-13-11-24)14-20(17)22-21(25)16-23(2)15-18-6-4-3-5-7-18/h3-9,14H,10-13,15-16H2,1-2H3,(H,22,25). The Hall–Kier alpha value is -2.26. The van der Waals surface area contributed by atoms with Crippen molar-refractivity contribution in [3.05, 3.63) is 59.7 Å². The number of nitrogens with one attached hydrogen (secondary N) is 1. The second-order valence-corrected chi connectivity index (χ2v) is 9.14. The Morgan fingerprint density at radius 1 is 1.14 bits per heavy atom. The van der Waals surface area contributed by atoms with E-state index in [1.807, 2.05) is 49.2 Å². The topological polar surface area (TPSA) is 79.0 Å². The summed E-state index contributed by atoms with van der Waals surface area (Å²) in [7, 11) is -1.74. The fourth-order valence-corrected chi connectivity index (χ4v) is 4.65. The predicted octanol–water partition coefficient (Wildman–Crippen LogP) is 2.09. The smallest absolute Gasteiger partial charge is 0.243 e. The molecule has 0 bridgehead atoms. The normalized spacial score (nSPS) is 15.4. The van der Waals surface area contributed by atoms with Gasteiger partial charge in [0.25, 0.3) is 0 Å². The number of likely N-dealkylation sites (N-methyl/N-ethyl adjacent to an activating group) is 1. The van der Waals surface area contributed by atoms with Crippen LogP contribution in [0.15, 0.2) is 53.4 Å². The minimum absolute atomic E-state index is 0.179. The number of morpholine rings is 1. The van der Waals surface area contributed by atoms with Gasteiger partial charge in [0.1, 0.15) is 0 Å². The molecule has 0 atom stereocenters. The van der Waals surface area contributed by atoms with Gasteiger partial charge in [0.15, 0.2) is 0 Å². The van der Waals surface area contributed by atoms with E-state index in [4.69, 9.17) is 4.74 Å². The highest BCUT2D eigenvalue weighted by Crippen LogP contribution is 2.23. The van der Waals surface area contributed by atoms with E-state index in [-0.39, 0.29) is 17.3 Å². The molecule has 0 aliphatic carbocycles. The molecular weight excluding hydrogens is 390 g/mol.